The molecule has 1 aliphatic rings. The minimum atomic E-state index is -0.890. The highest BCUT2D eigenvalue weighted by Gasteiger charge is 2.31. The van der Waals surface area contributed by atoms with Gasteiger partial charge in [-0.1, -0.05) is 0 Å². The number of ether oxygens (including phenoxy) is 1. The van der Waals surface area contributed by atoms with Gasteiger partial charge in [0.05, 0.1) is 5.92 Å². The number of H-pyrrole nitrogens is 1. The first-order chi connectivity index (χ1) is 9.08. The molecule has 19 heavy (non-hydrogen) atoms. The third-order valence-electron chi connectivity index (χ3n) is 3.34. The molecule has 0 aliphatic carbocycles. The predicted octanol–water partition coefficient (Wildman–Crippen LogP) is 0.933. The van der Waals surface area contributed by atoms with E-state index < -0.39 is 17.9 Å². The molecule has 3 N–H and O–H groups in total. The predicted molar refractivity (Wildman–Crippen MR) is 68.0 cm³/mol. The summed E-state index contributed by atoms with van der Waals surface area (Å²) in [6.45, 7) is 2.77. The highest BCUT2D eigenvalue weighted by Crippen LogP contribution is 2.17. The molecule has 0 unspecified atom stereocenters. The third kappa shape index (κ3) is 3.35. The zero-order valence-electron chi connectivity index (χ0n) is 10.8. The number of hydrogen-bond donors (Lipinski definition) is 3. The van der Waals surface area contributed by atoms with Crippen molar-refractivity contribution >= 4 is 11.9 Å². The molecule has 0 aromatic carbocycles. The van der Waals surface area contributed by atoms with Gasteiger partial charge in [0.25, 0.3) is 5.91 Å². The van der Waals surface area contributed by atoms with Crippen molar-refractivity contribution in [3.8, 4) is 0 Å². The number of aliphatic carboxylic acids is 1. The molecule has 1 fully saturated rings. The van der Waals surface area contributed by atoms with Crippen LogP contribution in [0.4, 0.5) is 0 Å². The fourth-order valence-corrected chi connectivity index (χ4v) is 2.27. The normalized spacial score (nSPS) is 23.6. The Morgan fingerprint density at radius 3 is 2.79 bits per heavy atom. The van der Waals surface area contributed by atoms with E-state index in [0.29, 0.717) is 31.7 Å². The number of rotatable bonds is 3. The minimum absolute atomic E-state index is 0.272. The van der Waals surface area contributed by atoms with E-state index >= 15 is 0 Å². The van der Waals surface area contributed by atoms with E-state index in [2.05, 4.69) is 10.3 Å². The summed E-state index contributed by atoms with van der Waals surface area (Å²) in [5.41, 5.74) is 1.41. The van der Waals surface area contributed by atoms with E-state index in [1.807, 2.05) is 6.92 Å². The van der Waals surface area contributed by atoms with Gasteiger partial charge in [0.15, 0.2) is 0 Å². The number of carboxylic acid groups (broad SMARTS) is 1. The molecule has 1 aromatic rings. The Hall–Kier alpha value is -1.82. The van der Waals surface area contributed by atoms with Gasteiger partial charge in [-0.15, -0.1) is 0 Å². The Balaban J connectivity index is 2.06. The molecule has 2 heterocycles. The molecule has 0 bridgehead atoms. The minimum Gasteiger partial charge on any atom is -0.481 e. The molecule has 0 saturated carbocycles. The van der Waals surface area contributed by atoms with E-state index in [4.69, 9.17) is 4.74 Å². The van der Waals surface area contributed by atoms with Crippen LogP contribution in [0.3, 0.4) is 0 Å². The van der Waals surface area contributed by atoms with Gasteiger partial charge in [0.1, 0.15) is 5.69 Å². The van der Waals surface area contributed by atoms with E-state index in [0.717, 1.165) is 5.56 Å². The lowest BCUT2D eigenvalue weighted by molar-refractivity contribution is -0.142. The molecular formula is C13H18N2O4. The zero-order chi connectivity index (χ0) is 13.8. The SMILES string of the molecule is Cc1c[nH]c(C(=O)N[C@@H]2CCOCC[C@H]2C(=O)O)c1. The van der Waals surface area contributed by atoms with Crippen LogP contribution in [-0.2, 0) is 9.53 Å². The Kier molecular flexibility index (Phi) is 4.21. The van der Waals surface area contributed by atoms with Gasteiger partial charge >= 0.3 is 5.97 Å². The maximum Gasteiger partial charge on any atom is 0.308 e. The summed E-state index contributed by atoms with van der Waals surface area (Å²) < 4.78 is 5.27. The Morgan fingerprint density at radius 1 is 1.42 bits per heavy atom. The van der Waals surface area contributed by atoms with E-state index in [9.17, 15) is 14.7 Å². The molecule has 2 rings (SSSR count). The standard InChI is InChI=1S/C13H18N2O4/c1-8-6-11(14-7-8)12(16)15-10-3-5-19-4-2-9(10)13(17)18/h6-7,9-10,14H,2-5H2,1H3,(H,15,16)(H,17,18)/t9-,10-/m1/s1. The lowest BCUT2D eigenvalue weighted by Gasteiger charge is -2.21. The first-order valence-corrected chi connectivity index (χ1v) is 6.34. The molecule has 0 radical (unpaired) electrons. The average Bonchev–Trinajstić information content (AvgIpc) is 2.65. The molecule has 1 aliphatic heterocycles. The second-order valence-electron chi connectivity index (χ2n) is 4.81. The van der Waals surface area contributed by atoms with Crippen molar-refractivity contribution in [3.05, 3.63) is 23.5 Å². The van der Waals surface area contributed by atoms with Gasteiger partial charge in [-0.25, -0.2) is 0 Å². The number of aryl methyl sites for hydroxylation is 1. The van der Waals surface area contributed by atoms with Crippen molar-refractivity contribution in [1.29, 1.82) is 0 Å². The molecule has 2 atom stereocenters. The summed E-state index contributed by atoms with van der Waals surface area (Å²) in [7, 11) is 0. The Morgan fingerprint density at radius 2 is 2.16 bits per heavy atom. The van der Waals surface area contributed by atoms with Crippen LogP contribution >= 0.6 is 0 Å². The molecular weight excluding hydrogens is 248 g/mol. The summed E-state index contributed by atoms with van der Waals surface area (Å²) >= 11 is 0. The van der Waals surface area contributed by atoms with Crippen LogP contribution in [-0.4, -0.2) is 41.2 Å². The lowest BCUT2D eigenvalue weighted by Crippen LogP contribution is -2.43. The molecule has 6 nitrogen and oxygen atoms in total. The topological polar surface area (TPSA) is 91.4 Å². The number of carbonyl (C=O) groups is 2. The van der Waals surface area contributed by atoms with Crippen molar-refractivity contribution in [2.75, 3.05) is 13.2 Å². The van der Waals surface area contributed by atoms with Crippen LogP contribution in [0.2, 0.25) is 0 Å². The summed E-state index contributed by atoms with van der Waals surface area (Å²) in [6, 6.07) is 1.34. The van der Waals surface area contributed by atoms with E-state index in [-0.39, 0.29) is 5.91 Å². The van der Waals surface area contributed by atoms with Gasteiger partial charge in [0, 0.05) is 25.5 Å². The summed E-state index contributed by atoms with van der Waals surface area (Å²) in [6.07, 6.45) is 2.67. The van der Waals surface area contributed by atoms with Crippen molar-refractivity contribution in [2.45, 2.75) is 25.8 Å². The first-order valence-electron chi connectivity index (χ1n) is 6.34. The first kappa shape index (κ1) is 13.6. The Bertz CT molecular complexity index is 469. The maximum absolute atomic E-state index is 12.0. The monoisotopic (exact) mass is 266 g/mol. The number of nitrogens with one attached hydrogen (secondary N) is 2. The quantitative estimate of drug-likeness (QED) is 0.759. The fourth-order valence-electron chi connectivity index (χ4n) is 2.27. The van der Waals surface area contributed by atoms with Crippen LogP contribution in [0, 0.1) is 12.8 Å². The van der Waals surface area contributed by atoms with Crippen molar-refractivity contribution in [2.24, 2.45) is 5.92 Å². The van der Waals surface area contributed by atoms with Gasteiger partial charge < -0.3 is 20.1 Å². The number of carboxylic acids is 1. The molecule has 6 heteroatoms. The molecule has 1 aromatic heterocycles. The van der Waals surface area contributed by atoms with Crippen LogP contribution in [0.5, 0.6) is 0 Å². The van der Waals surface area contributed by atoms with E-state index in [1.165, 1.54) is 0 Å². The van der Waals surface area contributed by atoms with Crippen molar-refractivity contribution < 1.29 is 19.4 Å². The number of aromatic amines is 1. The number of carbonyl (C=O) groups excluding carboxylic acids is 1. The lowest BCUT2D eigenvalue weighted by atomic mass is 9.95. The van der Waals surface area contributed by atoms with Gasteiger partial charge in [-0.2, -0.15) is 0 Å². The van der Waals surface area contributed by atoms with Crippen molar-refractivity contribution in [3.63, 3.8) is 0 Å². The third-order valence-corrected chi connectivity index (χ3v) is 3.34. The number of amides is 1. The molecule has 0 spiro atoms. The van der Waals surface area contributed by atoms with Crippen LogP contribution in [0.25, 0.3) is 0 Å². The maximum atomic E-state index is 12.0. The fraction of sp³-hybridized carbons (Fsp3) is 0.538. The number of aromatic nitrogens is 1. The summed E-state index contributed by atoms with van der Waals surface area (Å²) in [5, 5.41) is 12.0. The van der Waals surface area contributed by atoms with Crippen LogP contribution < -0.4 is 5.32 Å². The molecule has 104 valence electrons. The second kappa shape index (κ2) is 5.88. The van der Waals surface area contributed by atoms with Gasteiger partial charge in [0.2, 0.25) is 0 Å². The van der Waals surface area contributed by atoms with Gasteiger partial charge in [-0.3, -0.25) is 9.59 Å². The number of hydrogen-bond acceptors (Lipinski definition) is 3. The average molecular weight is 266 g/mol. The smallest absolute Gasteiger partial charge is 0.308 e. The van der Waals surface area contributed by atoms with Crippen LogP contribution in [0.15, 0.2) is 12.3 Å². The highest BCUT2D eigenvalue weighted by atomic mass is 16.5. The zero-order valence-corrected chi connectivity index (χ0v) is 10.8. The summed E-state index contributed by atoms with van der Waals surface area (Å²) in [4.78, 5) is 26.1. The molecule has 1 saturated heterocycles. The highest BCUT2D eigenvalue weighted by molar-refractivity contribution is 5.93. The second-order valence-corrected chi connectivity index (χ2v) is 4.81. The van der Waals surface area contributed by atoms with Gasteiger partial charge in [-0.05, 0) is 31.4 Å². The van der Waals surface area contributed by atoms with Crippen LogP contribution in [0.1, 0.15) is 28.9 Å². The Labute approximate surface area is 111 Å². The largest absolute Gasteiger partial charge is 0.481 e. The summed E-state index contributed by atoms with van der Waals surface area (Å²) in [5.74, 6) is -1.76. The molecule has 1 amide bonds. The van der Waals surface area contributed by atoms with Crippen molar-refractivity contribution in [1.82, 2.24) is 10.3 Å². The van der Waals surface area contributed by atoms with E-state index in [1.54, 1.807) is 12.3 Å².